The highest BCUT2D eigenvalue weighted by molar-refractivity contribution is 9.10. The van der Waals surface area contributed by atoms with Crippen molar-refractivity contribution in [3.05, 3.63) is 58.1 Å². The van der Waals surface area contributed by atoms with E-state index in [-0.39, 0.29) is 17.3 Å². The average molecular weight is 509 g/mol. The first-order chi connectivity index (χ1) is 14.7. The number of anilines is 1. The maximum atomic E-state index is 13.5. The number of hydrogen-bond donors (Lipinski definition) is 2. The van der Waals surface area contributed by atoms with Crippen molar-refractivity contribution >= 4 is 49.1 Å². The van der Waals surface area contributed by atoms with Crippen LogP contribution in [0, 0.1) is 0 Å². The van der Waals surface area contributed by atoms with Crippen LogP contribution >= 0.6 is 15.9 Å². The monoisotopic (exact) mass is 508 g/mol. The number of carboxylic acid groups (broad SMARTS) is 1. The van der Waals surface area contributed by atoms with Crippen LogP contribution in [-0.2, 0) is 14.4 Å². The van der Waals surface area contributed by atoms with E-state index in [0.717, 1.165) is 19.3 Å². The number of methoxy groups -OCH3 is 1. The van der Waals surface area contributed by atoms with E-state index in [0.29, 0.717) is 28.1 Å². The molecule has 0 saturated carbocycles. The SMILES string of the molecule is C=S(=O)(c1ccc(C(=O)Nc2ccc(Br)cc2C(=O)O)cc1)N1CCCCC1COC. The maximum absolute atomic E-state index is 13.5. The third-order valence-electron chi connectivity index (χ3n) is 5.26. The van der Waals surface area contributed by atoms with Gasteiger partial charge in [0.15, 0.2) is 0 Å². The summed E-state index contributed by atoms with van der Waals surface area (Å²) in [6.07, 6.45) is 2.92. The molecule has 1 aliphatic heterocycles. The van der Waals surface area contributed by atoms with Crippen molar-refractivity contribution in [3.63, 3.8) is 0 Å². The lowest BCUT2D eigenvalue weighted by atomic mass is 10.1. The summed E-state index contributed by atoms with van der Waals surface area (Å²) in [6.45, 7) is 1.17. The van der Waals surface area contributed by atoms with Gasteiger partial charge in [-0.05, 0) is 61.2 Å². The zero-order valence-corrected chi connectivity index (χ0v) is 19.6. The Morgan fingerprint density at radius 1 is 1.26 bits per heavy atom. The number of carboxylic acids is 1. The second-order valence-corrected chi connectivity index (χ2v) is 10.5. The van der Waals surface area contributed by atoms with Crippen LogP contribution in [0.4, 0.5) is 5.69 Å². The summed E-state index contributed by atoms with van der Waals surface area (Å²) in [5, 5.41) is 12.0. The van der Waals surface area contributed by atoms with Crippen molar-refractivity contribution in [1.29, 1.82) is 0 Å². The molecule has 3 rings (SSSR count). The molecule has 166 valence electrons. The summed E-state index contributed by atoms with van der Waals surface area (Å²) in [4.78, 5) is 24.6. The number of ether oxygens (including phenoxy) is 1. The first-order valence-corrected chi connectivity index (χ1v) is 12.3. The van der Waals surface area contributed by atoms with Gasteiger partial charge in [-0.3, -0.25) is 4.79 Å². The van der Waals surface area contributed by atoms with Crippen LogP contribution in [0.1, 0.15) is 40.0 Å². The van der Waals surface area contributed by atoms with Crippen LogP contribution in [0.3, 0.4) is 0 Å². The maximum Gasteiger partial charge on any atom is 0.337 e. The Bertz CT molecular complexity index is 1070. The third kappa shape index (κ3) is 5.35. The standard InChI is InChI=1S/C22H25BrN2O5S/c1-30-14-17-5-3-4-12-25(17)31(2,29)18-9-6-15(7-10-18)21(26)24-20-11-8-16(23)13-19(20)22(27)28/h6-11,13,17H,2-5,12,14H2,1H3,(H,24,26)(H,27,28). The van der Waals surface area contributed by atoms with Crippen LogP contribution < -0.4 is 5.32 Å². The van der Waals surface area contributed by atoms with Crippen LogP contribution in [0.5, 0.6) is 0 Å². The summed E-state index contributed by atoms with van der Waals surface area (Å²) in [5.74, 6) is 2.41. The molecule has 2 N–H and O–H groups in total. The van der Waals surface area contributed by atoms with Gasteiger partial charge >= 0.3 is 5.97 Å². The molecule has 0 radical (unpaired) electrons. The molecule has 0 bridgehead atoms. The topological polar surface area (TPSA) is 95.9 Å². The molecule has 2 aromatic rings. The number of rotatable bonds is 7. The molecule has 1 saturated heterocycles. The third-order valence-corrected chi connectivity index (χ3v) is 8.00. The average Bonchev–Trinajstić information content (AvgIpc) is 2.75. The Balaban J connectivity index is 1.80. The lowest BCUT2D eigenvalue weighted by Gasteiger charge is -2.37. The number of hydrogen-bond acceptors (Lipinski definition) is 4. The number of halogens is 1. The molecule has 1 heterocycles. The Labute approximate surface area is 190 Å². The van der Waals surface area contributed by atoms with Gasteiger partial charge in [-0.15, -0.1) is 0 Å². The van der Waals surface area contributed by atoms with Gasteiger partial charge in [0.05, 0.1) is 27.6 Å². The molecule has 2 aromatic carbocycles. The number of nitrogens with one attached hydrogen (secondary N) is 1. The summed E-state index contributed by atoms with van der Waals surface area (Å²) >= 11 is 3.23. The fraction of sp³-hybridized carbons (Fsp3) is 0.318. The van der Waals surface area contributed by atoms with E-state index in [2.05, 4.69) is 27.1 Å². The second-order valence-electron chi connectivity index (χ2n) is 7.36. The van der Waals surface area contributed by atoms with Crippen molar-refractivity contribution in [3.8, 4) is 0 Å². The van der Waals surface area contributed by atoms with Crippen LogP contribution in [0.25, 0.3) is 0 Å². The Hall–Kier alpha value is -2.20. The predicted octanol–water partition coefficient (Wildman–Crippen LogP) is 3.89. The van der Waals surface area contributed by atoms with Crippen LogP contribution in [-0.4, -0.2) is 57.7 Å². The van der Waals surface area contributed by atoms with Gasteiger partial charge < -0.3 is 15.2 Å². The van der Waals surface area contributed by atoms with E-state index in [1.54, 1.807) is 37.4 Å². The lowest BCUT2D eigenvalue weighted by molar-refractivity contribution is 0.0698. The number of amides is 1. The molecular weight excluding hydrogens is 484 g/mol. The molecule has 0 aromatic heterocycles. The van der Waals surface area contributed by atoms with Crippen LogP contribution in [0.2, 0.25) is 0 Å². The molecule has 7 nitrogen and oxygen atoms in total. The van der Waals surface area contributed by atoms with Gasteiger partial charge in [-0.1, -0.05) is 22.4 Å². The summed E-state index contributed by atoms with van der Waals surface area (Å²) in [6, 6.07) is 11.1. The number of carbonyl (C=O) groups excluding carboxylic acids is 1. The Morgan fingerprint density at radius 2 is 1.97 bits per heavy atom. The first kappa shape index (κ1) is 23.5. The number of nitrogens with zero attached hydrogens (tertiary/aromatic N) is 1. The highest BCUT2D eigenvalue weighted by Crippen LogP contribution is 2.26. The minimum atomic E-state index is -2.72. The minimum absolute atomic E-state index is 0.0191. The van der Waals surface area contributed by atoms with E-state index in [4.69, 9.17) is 4.74 Å². The molecule has 1 aliphatic rings. The zero-order chi connectivity index (χ0) is 22.6. The minimum Gasteiger partial charge on any atom is -0.478 e. The molecule has 1 fully saturated rings. The molecule has 2 atom stereocenters. The fourth-order valence-corrected chi connectivity index (χ4v) is 5.94. The molecule has 2 unspecified atom stereocenters. The number of aromatic carboxylic acids is 1. The fourth-order valence-electron chi connectivity index (χ4n) is 3.67. The van der Waals surface area contributed by atoms with Crippen molar-refractivity contribution in [2.75, 3.05) is 25.6 Å². The zero-order valence-electron chi connectivity index (χ0n) is 17.2. The molecule has 31 heavy (non-hydrogen) atoms. The summed E-state index contributed by atoms with van der Waals surface area (Å²) in [7, 11) is -1.09. The predicted molar refractivity (Wildman–Crippen MR) is 125 cm³/mol. The van der Waals surface area contributed by atoms with Crippen LogP contribution in [0.15, 0.2) is 51.8 Å². The van der Waals surface area contributed by atoms with Crippen molar-refractivity contribution in [1.82, 2.24) is 4.31 Å². The number of benzene rings is 2. The van der Waals surface area contributed by atoms with Crippen molar-refractivity contribution in [2.45, 2.75) is 30.2 Å². The first-order valence-electron chi connectivity index (χ1n) is 9.81. The van der Waals surface area contributed by atoms with Gasteiger partial charge in [-0.25, -0.2) is 13.3 Å². The van der Waals surface area contributed by atoms with E-state index < -0.39 is 21.6 Å². The number of carbonyl (C=O) groups is 2. The molecular formula is C22H25BrN2O5S. The molecule has 9 heteroatoms. The van der Waals surface area contributed by atoms with Gasteiger partial charge in [-0.2, -0.15) is 0 Å². The van der Waals surface area contributed by atoms with E-state index in [9.17, 15) is 18.9 Å². The molecule has 1 amide bonds. The van der Waals surface area contributed by atoms with E-state index in [1.807, 2.05) is 4.31 Å². The quantitative estimate of drug-likeness (QED) is 0.553. The van der Waals surface area contributed by atoms with Gasteiger partial charge in [0, 0.05) is 34.6 Å². The summed E-state index contributed by atoms with van der Waals surface area (Å²) < 4.78 is 21.3. The van der Waals surface area contributed by atoms with Gasteiger partial charge in [0.25, 0.3) is 5.91 Å². The van der Waals surface area contributed by atoms with E-state index in [1.165, 1.54) is 12.1 Å². The Kier molecular flexibility index (Phi) is 7.53. The lowest BCUT2D eigenvalue weighted by Crippen LogP contribution is -2.45. The Morgan fingerprint density at radius 3 is 2.61 bits per heavy atom. The van der Waals surface area contributed by atoms with Gasteiger partial charge in [0.1, 0.15) is 0 Å². The normalized spacial score (nSPS) is 18.8. The van der Waals surface area contributed by atoms with Crippen molar-refractivity contribution in [2.24, 2.45) is 0 Å². The van der Waals surface area contributed by atoms with Gasteiger partial charge in [0.2, 0.25) is 0 Å². The highest BCUT2D eigenvalue weighted by atomic mass is 79.9. The summed E-state index contributed by atoms with van der Waals surface area (Å²) in [5.41, 5.74) is 0.501. The highest BCUT2D eigenvalue weighted by Gasteiger charge is 2.29. The smallest absolute Gasteiger partial charge is 0.337 e. The second kappa shape index (κ2) is 9.95. The van der Waals surface area contributed by atoms with E-state index >= 15 is 0 Å². The largest absolute Gasteiger partial charge is 0.478 e. The molecule has 0 spiro atoms. The number of piperidine rings is 1. The van der Waals surface area contributed by atoms with Crippen molar-refractivity contribution < 1.29 is 23.6 Å². The molecule has 0 aliphatic carbocycles.